The molecule has 16 heavy (non-hydrogen) atoms. The molecule has 0 aromatic carbocycles. The molecular weight excluding hydrogens is 208 g/mol. The van der Waals surface area contributed by atoms with Crippen molar-refractivity contribution >= 4 is 0 Å². The highest BCUT2D eigenvalue weighted by Crippen LogP contribution is 2.66. The fourth-order valence-electron chi connectivity index (χ4n) is 4.67. The Morgan fingerprint density at radius 2 is 1.69 bits per heavy atom. The second-order valence-electron chi connectivity index (χ2n) is 6.99. The zero-order chi connectivity index (χ0) is 11.8. The number of hydrogen-bond donors (Lipinski definition) is 1. The van der Waals surface area contributed by atoms with E-state index in [2.05, 4.69) is 13.8 Å². The molecule has 4 aliphatic carbocycles. The van der Waals surface area contributed by atoms with Gasteiger partial charge in [0.15, 0.2) is 0 Å². The Morgan fingerprint density at radius 1 is 1.06 bits per heavy atom. The largest absolute Gasteiger partial charge is 0.324 e. The molecule has 0 radical (unpaired) electrons. The molecule has 3 atom stereocenters. The van der Waals surface area contributed by atoms with Crippen molar-refractivity contribution in [2.24, 2.45) is 28.9 Å². The Hall–Kier alpha value is -0.180. The Labute approximate surface area is 95.8 Å². The van der Waals surface area contributed by atoms with E-state index in [9.17, 15) is 8.78 Å². The third kappa shape index (κ3) is 1.24. The van der Waals surface area contributed by atoms with E-state index in [0.717, 1.165) is 12.3 Å². The van der Waals surface area contributed by atoms with Gasteiger partial charge < -0.3 is 5.73 Å². The van der Waals surface area contributed by atoms with Crippen LogP contribution in [-0.2, 0) is 0 Å². The van der Waals surface area contributed by atoms with Crippen molar-refractivity contribution in [1.29, 1.82) is 0 Å². The molecule has 4 rings (SSSR count). The minimum Gasteiger partial charge on any atom is -0.324 e. The maximum absolute atomic E-state index is 13.0. The second kappa shape index (κ2) is 2.80. The van der Waals surface area contributed by atoms with Crippen LogP contribution in [0, 0.1) is 23.2 Å². The topological polar surface area (TPSA) is 26.0 Å². The number of nitrogens with two attached hydrogens (primary N) is 1. The summed E-state index contributed by atoms with van der Waals surface area (Å²) in [7, 11) is 0. The highest BCUT2D eigenvalue weighted by Gasteiger charge is 2.65. The molecule has 0 amide bonds. The summed E-state index contributed by atoms with van der Waals surface area (Å²) in [5, 5.41) is 0. The molecule has 1 nitrogen and oxygen atoms in total. The van der Waals surface area contributed by atoms with E-state index < -0.39 is 11.5 Å². The van der Waals surface area contributed by atoms with E-state index in [1.54, 1.807) is 0 Å². The first-order valence-electron chi connectivity index (χ1n) is 6.41. The van der Waals surface area contributed by atoms with Gasteiger partial charge in [0.2, 0.25) is 0 Å². The summed E-state index contributed by atoms with van der Waals surface area (Å²) < 4.78 is 26.1. The summed E-state index contributed by atoms with van der Waals surface area (Å²) in [5.41, 5.74) is 6.00. The van der Waals surface area contributed by atoms with Gasteiger partial charge in [-0.25, -0.2) is 8.78 Å². The van der Waals surface area contributed by atoms with Crippen LogP contribution in [0.4, 0.5) is 8.78 Å². The van der Waals surface area contributed by atoms with Gasteiger partial charge in [-0.2, -0.15) is 0 Å². The molecule has 2 N–H and O–H groups in total. The quantitative estimate of drug-likeness (QED) is 0.734. The van der Waals surface area contributed by atoms with E-state index >= 15 is 0 Å². The molecule has 0 aliphatic heterocycles. The van der Waals surface area contributed by atoms with Crippen molar-refractivity contribution in [2.45, 2.75) is 57.4 Å². The maximum atomic E-state index is 13.0. The average Bonchev–Trinajstić information content (AvgIpc) is 2.14. The van der Waals surface area contributed by atoms with Crippen molar-refractivity contribution in [3.05, 3.63) is 0 Å². The van der Waals surface area contributed by atoms with Crippen molar-refractivity contribution < 1.29 is 8.78 Å². The summed E-state index contributed by atoms with van der Waals surface area (Å²) in [6.07, 6.45) is 3.33. The molecule has 1 unspecified atom stereocenters. The fraction of sp³-hybridized carbons (Fsp3) is 1.00. The number of fused-ring (bicyclic) bond motifs is 2. The number of rotatable bonds is 1. The number of halogens is 2. The van der Waals surface area contributed by atoms with Crippen LogP contribution >= 0.6 is 0 Å². The first-order chi connectivity index (χ1) is 7.25. The molecule has 2 bridgehead atoms. The lowest BCUT2D eigenvalue weighted by molar-refractivity contribution is -0.194. The van der Waals surface area contributed by atoms with Gasteiger partial charge in [0.1, 0.15) is 0 Å². The Bertz CT molecular complexity index is 314. The monoisotopic (exact) mass is 229 g/mol. The van der Waals surface area contributed by atoms with E-state index in [0.29, 0.717) is 17.3 Å². The van der Waals surface area contributed by atoms with Crippen molar-refractivity contribution in [3.63, 3.8) is 0 Å². The van der Waals surface area contributed by atoms with Crippen LogP contribution < -0.4 is 5.73 Å². The molecule has 0 aromatic heterocycles. The van der Waals surface area contributed by atoms with Gasteiger partial charge in [0, 0.05) is 18.4 Å². The van der Waals surface area contributed by atoms with Crippen LogP contribution in [0.3, 0.4) is 0 Å². The van der Waals surface area contributed by atoms with Crippen LogP contribution in [0.15, 0.2) is 0 Å². The molecule has 4 aliphatic rings. The molecule has 4 saturated carbocycles. The predicted molar refractivity (Wildman–Crippen MR) is 59.2 cm³/mol. The Kier molecular flexibility index (Phi) is 1.91. The molecule has 0 heterocycles. The average molecular weight is 229 g/mol. The first kappa shape index (κ1) is 10.9. The highest BCUT2D eigenvalue weighted by atomic mass is 19.3. The fourth-order valence-corrected chi connectivity index (χ4v) is 4.67. The van der Waals surface area contributed by atoms with Crippen LogP contribution in [0.1, 0.15) is 46.0 Å². The number of alkyl halides is 2. The van der Waals surface area contributed by atoms with Gasteiger partial charge in [0.05, 0.1) is 0 Å². The van der Waals surface area contributed by atoms with Crippen molar-refractivity contribution in [2.75, 3.05) is 0 Å². The van der Waals surface area contributed by atoms with Crippen molar-refractivity contribution in [3.8, 4) is 0 Å². The summed E-state index contributed by atoms with van der Waals surface area (Å²) in [6.45, 7) is 4.58. The Balaban J connectivity index is 1.77. The predicted octanol–water partition coefficient (Wildman–Crippen LogP) is 3.19. The van der Waals surface area contributed by atoms with Gasteiger partial charge >= 0.3 is 0 Å². The lowest BCUT2D eigenvalue weighted by Gasteiger charge is -2.65. The van der Waals surface area contributed by atoms with E-state index in [-0.39, 0.29) is 12.8 Å². The summed E-state index contributed by atoms with van der Waals surface area (Å²) >= 11 is 0. The third-order valence-corrected chi connectivity index (χ3v) is 5.77. The molecule has 0 spiro atoms. The lowest BCUT2D eigenvalue weighted by Crippen LogP contribution is -2.68. The molecular formula is C13H21F2N. The molecule has 92 valence electrons. The van der Waals surface area contributed by atoms with Crippen molar-refractivity contribution in [1.82, 2.24) is 0 Å². The van der Waals surface area contributed by atoms with E-state index in [4.69, 9.17) is 5.73 Å². The normalized spacial score (nSPS) is 46.7. The maximum Gasteiger partial charge on any atom is 0.251 e. The second-order valence-corrected chi connectivity index (χ2v) is 6.99. The molecule has 0 saturated heterocycles. The van der Waals surface area contributed by atoms with Gasteiger partial charge in [-0.15, -0.1) is 0 Å². The summed E-state index contributed by atoms with van der Waals surface area (Å²) in [4.78, 5) is 0. The summed E-state index contributed by atoms with van der Waals surface area (Å²) in [5.74, 6) is -0.739. The van der Waals surface area contributed by atoms with Crippen LogP contribution in [0.2, 0.25) is 0 Å². The minimum absolute atomic E-state index is 0.0814. The van der Waals surface area contributed by atoms with Gasteiger partial charge in [0.25, 0.3) is 5.92 Å². The van der Waals surface area contributed by atoms with Crippen LogP contribution in [0.5, 0.6) is 0 Å². The standard InChI is InChI=1S/C13H21F2N/c1-11(2)8-3-4-9(10(11)5-8)12(16)6-13(14,15)7-12/h8-10H,3-7,16H2,1-2H3/t8-,9?,10-/m0/s1. The highest BCUT2D eigenvalue weighted by molar-refractivity contribution is 5.15. The smallest absolute Gasteiger partial charge is 0.251 e. The first-order valence-corrected chi connectivity index (χ1v) is 6.41. The molecule has 0 aromatic rings. The van der Waals surface area contributed by atoms with Gasteiger partial charge in [-0.3, -0.25) is 0 Å². The minimum atomic E-state index is -2.49. The SMILES string of the molecule is CC1(C)[C@H]2CCC(C3(N)CC(F)(F)C3)[C@@H]1C2. The van der Waals surface area contributed by atoms with E-state index in [1.807, 2.05) is 0 Å². The van der Waals surface area contributed by atoms with Crippen LogP contribution in [0.25, 0.3) is 0 Å². The lowest BCUT2D eigenvalue weighted by atomic mass is 9.41. The molecule has 4 fully saturated rings. The van der Waals surface area contributed by atoms with Gasteiger partial charge in [-0.1, -0.05) is 13.8 Å². The summed E-state index contributed by atoms with van der Waals surface area (Å²) in [6, 6.07) is 0. The van der Waals surface area contributed by atoms with E-state index in [1.165, 1.54) is 12.8 Å². The molecule has 3 heteroatoms. The zero-order valence-corrected chi connectivity index (χ0v) is 10.1. The zero-order valence-electron chi connectivity index (χ0n) is 10.1. The van der Waals surface area contributed by atoms with Crippen LogP contribution in [-0.4, -0.2) is 11.5 Å². The third-order valence-electron chi connectivity index (χ3n) is 5.77. The Morgan fingerprint density at radius 3 is 2.12 bits per heavy atom. The van der Waals surface area contributed by atoms with Gasteiger partial charge in [-0.05, 0) is 42.4 Å². The number of hydrogen-bond acceptors (Lipinski definition) is 1.